The predicted molar refractivity (Wildman–Crippen MR) is 235 cm³/mol. The van der Waals surface area contributed by atoms with E-state index in [0.29, 0.717) is 0 Å². The maximum Gasteiger partial charge on any atom is 0.0637 e. The van der Waals surface area contributed by atoms with Crippen molar-refractivity contribution in [3.8, 4) is 16.8 Å². The van der Waals surface area contributed by atoms with Gasteiger partial charge < -0.3 is 9.47 Å². The number of nitrogens with zero attached hydrogens (tertiary/aromatic N) is 2. The normalized spacial score (nSPS) is 12.6. The zero-order valence-corrected chi connectivity index (χ0v) is 32.1. The van der Waals surface area contributed by atoms with Gasteiger partial charge in [0.05, 0.1) is 31.6 Å². The van der Waals surface area contributed by atoms with Gasteiger partial charge in [-0.05, 0) is 94.2 Å². The first-order valence-electron chi connectivity index (χ1n) is 18.1. The zero-order valence-electron chi connectivity index (χ0n) is 30.5. The molecule has 258 valence electrons. The van der Waals surface area contributed by atoms with Crippen LogP contribution in [0.3, 0.4) is 0 Å². The molecule has 0 atom stereocenters. The van der Waals surface area contributed by atoms with Crippen LogP contribution in [0.25, 0.3) is 77.1 Å². The van der Waals surface area contributed by atoms with E-state index in [1.54, 1.807) is 11.3 Å². The van der Waals surface area contributed by atoms with Gasteiger partial charge in [-0.1, -0.05) is 119 Å². The van der Waals surface area contributed by atoms with Gasteiger partial charge in [-0.15, -0.1) is 22.7 Å². The van der Waals surface area contributed by atoms with Crippen molar-refractivity contribution in [1.29, 1.82) is 0 Å². The molecule has 0 unspecified atom stereocenters. The molecule has 0 spiro atoms. The molecule has 0 aliphatic rings. The van der Waals surface area contributed by atoms with Gasteiger partial charge in [-0.2, -0.15) is 0 Å². The Kier molecular flexibility index (Phi) is 7.99. The topological polar surface area (TPSA) is 8.17 Å². The molecule has 0 bridgehead atoms. The van der Waals surface area contributed by atoms with Gasteiger partial charge in [0, 0.05) is 43.2 Å². The second-order valence-corrected chi connectivity index (χ2v) is 16.7. The number of para-hydroxylation sites is 2. The lowest BCUT2D eigenvalue weighted by molar-refractivity contribution is 0.591. The monoisotopic (exact) mass is 720 g/mol. The second-order valence-electron chi connectivity index (χ2n) is 14.8. The molecule has 0 amide bonds. The van der Waals surface area contributed by atoms with E-state index in [1.165, 1.54) is 58.7 Å². The van der Waals surface area contributed by atoms with Crippen molar-refractivity contribution in [2.75, 3.05) is 4.90 Å². The lowest BCUT2D eigenvalue weighted by Crippen LogP contribution is -2.28. The Morgan fingerprint density at radius 1 is 0.698 bits per heavy atom. The van der Waals surface area contributed by atoms with Crippen LogP contribution in [0.5, 0.6) is 0 Å². The van der Waals surface area contributed by atoms with Gasteiger partial charge >= 0.3 is 0 Å². The van der Waals surface area contributed by atoms with Crippen molar-refractivity contribution in [2.24, 2.45) is 0 Å². The summed E-state index contributed by atoms with van der Waals surface area (Å²) in [4.78, 5) is 2.47. The van der Waals surface area contributed by atoms with E-state index in [2.05, 4.69) is 189 Å². The third kappa shape index (κ3) is 5.44. The molecule has 0 radical (unpaired) electrons. The lowest BCUT2D eigenvalue weighted by atomic mass is 9.86. The molecule has 0 aliphatic heterocycles. The van der Waals surface area contributed by atoms with Gasteiger partial charge in [0.1, 0.15) is 0 Å². The molecule has 0 aliphatic carbocycles. The number of thiophene rings is 2. The smallest absolute Gasteiger partial charge is 0.0637 e. The summed E-state index contributed by atoms with van der Waals surface area (Å²) in [5.74, 6) is 0. The molecule has 0 N–H and O–H groups in total. The van der Waals surface area contributed by atoms with E-state index in [4.69, 9.17) is 0 Å². The number of anilines is 2. The summed E-state index contributed by atoms with van der Waals surface area (Å²) in [5.41, 5.74) is 11.8. The Labute approximate surface area is 318 Å². The molecular formula is C49H40N2S2. The van der Waals surface area contributed by atoms with Gasteiger partial charge in [0.2, 0.25) is 0 Å². The average Bonchev–Trinajstić information content (AvgIpc) is 3.85. The Balaban J connectivity index is 1.33. The Morgan fingerprint density at radius 3 is 2.15 bits per heavy atom. The fourth-order valence-corrected chi connectivity index (χ4v) is 10.0. The quantitative estimate of drug-likeness (QED) is 0.166. The highest BCUT2D eigenvalue weighted by molar-refractivity contribution is 7.26. The van der Waals surface area contributed by atoms with Crippen molar-refractivity contribution >= 4 is 94.4 Å². The molecule has 0 saturated heterocycles. The molecule has 6 aromatic carbocycles. The Morgan fingerprint density at radius 2 is 1.38 bits per heavy atom. The number of hydrogen-bond acceptors (Lipinski definition) is 3. The number of aromatic nitrogens is 1. The fraction of sp³-hybridized carbons (Fsp3) is 0.102. The molecule has 4 heteroatoms. The van der Waals surface area contributed by atoms with Crippen molar-refractivity contribution in [3.05, 3.63) is 166 Å². The van der Waals surface area contributed by atoms with E-state index < -0.39 is 0 Å². The van der Waals surface area contributed by atoms with Crippen molar-refractivity contribution < 1.29 is 0 Å². The highest BCUT2D eigenvalue weighted by Gasteiger charge is 2.23. The molecule has 0 fully saturated rings. The third-order valence-corrected chi connectivity index (χ3v) is 12.9. The van der Waals surface area contributed by atoms with Crippen LogP contribution in [0.4, 0.5) is 11.4 Å². The molecule has 53 heavy (non-hydrogen) atoms. The summed E-state index contributed by atoms with van der Waals surface area (Å²) < 4.78 is 6.12. The van der Waals surface area contributed by atoms with Crippen LogP contribution >= 0.6 is 22.7 Å². The second kappa shape index (κ2) is 12.8. The van der Waals surface area contributed by atoms with Gasteiger partial charge in [-0.25, -0.2) is 0 Å². The summed E-state index contributed by atoms with van der Waals surface area (Å²) in [6, 6.07) is 49.1. The number of benzene rings is 6. The van der Waals surface area contributed by atoms with Gasteiger partial charge in [0.15, 0.2) is 0 Å². The van der Waals surface area contributed by atoms with Crippen molar-refractivity contribution in [3.63, 3.8) is 0 Å². The van der Waals surface area contributed by atoms with E-state index in [1.807, 2.05) is 17.4 Å². The van der Waals surface area contributed by atoms with Crippen LogP contribution in [0.1, 0.15) is 38.8 Å². The molecule has 2 nitrogen and oxygen atoms in total. The molecule has 9 aromatic rings. The lowest BCUT2D eigenvalue weighted by Gasteiger charge is -2.29. The Hall–Kier alpha value is -5.68. The van der Waals surface area contributed by atoms with E-state index in [0.717, 1.165) is 38.1 Å². The molecule has 3 heterocycles. The molecule has 0 saturated carbocycles. The summed E-state index contributed by atoms with van der Waals surface area (Å²) in [6.07, 6.45) is 1.91. The average molecular weight is 721 g/mol. The zero-order chi connectivity index (χ0) is 36.4. The van der Waals surface area contributed by atoms with Crippen LogP contribution < -0.4 is 14.7 Å². The number of fused-ring (bicyclic) bond motifs is 6. The van der Waals surface area contributed by atoms with Crippen LogP contribution in [-0.4, -0.2) is 4.57 Å². The molecular weight excluding hydrogens is 681 g/mol. The minimum Gasteiger partial charge on any atom is -0.311 e. The minimum atomic E-state index is 0.0291. The van der Waals surface area contributed by atoms with Crippen LogP contribution in [0.2, 0.25) is 0 Å². The van der Waals surface area contributed by atoms with E-state index in [9.17, 15) is 0 Å². The highest BCUT2D eigenvalue weighted by atomic mass is 32.1. The SMILES string of the molecule is C=Cc1cs/c(=C(/C)N(c2ccccc2-c2ccc3c(c2)c2cc(C(C)(C)C)ccc2n3-c2ccccc2)c2cccc3c2sc2ccccc23)c1=C. The first-order chi connectivity index (χ1) is 25.7. The third-order valence-electron chi connectivity index (χ3n) is 10.5. The highest BCUT2D eigenvalue weighted by Crippen LogP contribution is 2.46. The molecule has 9 rings (SSSR count). The van der Waals surface area contributed by atoms with Gasteiger partial charge in [-0.3, -0.25) is 0 Å². The van der Waals surface area contributed by atoms with Crippen molar-refractivity contribution in [1.82, 2.24) is 4.57 Å². The summed E-state index contributed by atoms with van der Waals surface area (Å²) in [6.45, 7) is 17.7. The largest absolute Gasteiger partial charge is 0.311 e. The fourth-order valence-electron chi connectivity index (χ4n) is 7.80. The summed E-state index contributed by atoms with van der Waals surface area (Å²) in [5, 5.41) is 8.26. The number of hydrogen-bond donors (Lipinski definition) is 0. The van der Waals surface area contributed by atoms with Crippen LogP contribution in [-0.2, 0) is 5.41 Å². The van der Waals surface area contributed by atoms with Crippen molar-refractivity contribution in [2.45, 2.75) is 33.1 Å². The van der Waals surface area contributed by atoms with Gasteiger partial charge in [0.25, 0.3) is 0 Å². The molecule has 3 aromatic heterocycles. The summed E-state index contributed by atoms with van der Waals surface area (Å²) in [7, 11) is 0. The first kappa shape index (κ1) is 33.2. The standard InChI is InChI=1S/C49H40N2S2/c1-7-33-30-52-47(31(33)2)32(3)50(45-22-15-20-39-38-19-12-14-23-46(38)53-48(39)45)42-21-13-11-18-37(42)34-24-26-43-40(28-34)41-29-35(49(4,5)6)25-27-44(41)51(43)36-16-9-8-10-17-36/h7-30H,1-2H2,3-6H3/b47-32-. The summed E-state index contributed by atoms with van der Waals surface area (Å²) >= 11 is 3.59. The van der Waals surface area contributed by atoms with Crippen LogP contribution in [0.15, 0.2) is 145 Å². The maximum absolute atomic E-state index is 4.53. The predicted octanol–water partition coefficient (Wildman–Crippen LogP) is 13.2. The maximum atomic E-state index is 4.53. The van der Waals surface area contributed by atoms with E-state index in [-0.39, 0.29) is 5.41 Å². The van der Waals surface area contributed by atoms with E-state index >= 15 is 0 Å². The Bertz CT molecular complexity index is 2990. The van der Waals surface area contributed by atoms with Crippen LogP contribution in [0, 0.1) is 0 Å². The number of rotatable bonds is 6. The first-order valence-corrected chi connectivity index (χ1v) is 19.8. The minimum absolute atomic E-state index is 0.0291.